The first kappa shape index (κ1) is 13.0. The number of aromatic nitrogens is 2. The molecule has 1 fully saturated rings. The van der Waals surface area contributed by atoms with Crippen molar-refractivity contribution < 1.29 is 0 Å². The van der Waals surface area contributed by atoms with Gasteiger partial charge in [0.25, 0.3) is 0 Å². The van der Waals surface area contributed by atoms with Crippen LogP contribution in [0.1, 0.15) is 24.1 Å². The largest absolute Gasteiger partial charge is 0.307 e. The van der Waals surface area contributed by atoms with Gasteiger partial charge in [0.2, 0.25) is 0 Å². The number of rotatable bonds is 3. The third-order valence-electron chi connectivity index (χ3n) is 3.89. The fourth-order valence-corrected chi connectivity index (χ4v) is 3.80. The van der Waals surface area contributed by atoms with Crippen molar-refractivity contribution in [3.63, 3.8) is 0 Å². The van der Waals surface area contributed by atoms with Crippen LogP contribution >= 0.6 is 11.8 Å². The van der Waals surface area contributed by atoms with Crippen LogP contribution in [0.5, 0.6) is 0 Å². The fraction of sp³-hybridized carbons (Fsp3) is 0.533. The molecule has 0 spiro atoms. The number of thioether (sulfide) groups is 1. The lowest BCUT2D eigenvalue weighted by Gasteiger charge is -2.30. The molecule has 0 aliphatic carbocycles. The molecule has 102 valence electrons. The summed E-state index contributed by atoms with van der Waals surface area (Å²) in [5, 5.41) is 0. The Morgan fingerprint density at radius 2 is 2.21 bits per heavy atom. The van der Waals surface area contributed by atoms with Crippen LogP contribution < -0.4 is 0 Å². The van der Waals surface area contributed by atoms with Gasteiger partial charge >= 0.3 is 0 Å². The Morgan fingerprint density at radius 1 is 1.42 bits per heavy atom. The van der Waals surface area contributed by atoms with E-state index in [1.807, 2.05) is 0 Å². The molecule has 4 heteroatoms. The summed E-state index contributed by atoms with van der Waals surface area (Å²) < 4.78 is 2.12. The molecule has 0 atom stereocenters. The van der Waals surface area contributed by atoms with Crippen LogP contribution in [0, 0.1) is 6.92 Å². The Bertz CT molecular complexity index is 558. The second kappa shape index (κ2) is 5.55. The van der Waals surface area contributed by atoms with Gasteiger partial charge in [-0.25, -0.2) is 4.98 Å². The van der Waals surface area contributed by atoms with E-state index in [0.29, 0.717) is 0 Å². The number of hydrogen-bond acceptors (Lipinski definition) is 3. The Morgan fingerprint density at radius 3 is 3.00 bits per heavy atom. The molecule has 1 saturated heterocycles. The number of pyridine rings is 1. The van der Waals surface area contributed by atoms with Crippen LogP contribution in [-0.2, 0) is 6.54 Å². The van der Waals surface area contributed by atoms with Crippen molar-refractivity contribution >= 4 is 17.4 Å². The monoisotopic (exact) mass is 275 g/mol. The van der Waals surface area contributed by atoms with Crippen molar-refractivity contribution in [3.8, 4) is 0 Å². The summed E-state index contributed by atoms with van der Waals surface area (Å²) in [5.41, 5.74) is 3.50. The van der Waals surface area contributed by atoms with Gasteiger partial charge in [0.05, 0.1) is 5.69 Å². The van der Waals surface area contributed by atoms with Crippen LogP contribution in [0.25, 0.3) is 5.65 Å². The number of aryl methyl sites for hydroxylation is 1. The topological polar surface area (TPSA) is 20.5 Å². The minimum atomic E-state index is 0.729. The van der Waals surface area contributed by atoms with Gasteiger partial charge in [-0.15, -0.1) is 0 Å². The fourth-order valence-electron chi connectivity index (χ4n) is 2.72. The van der Waals surface area contributed by atoms with Crippen LogP contribution in [0.15, 0.2) is 24.5 Å². The summed E-state index contributed by atoms with van der Waals surface area (Å²) in [6.45, 7) is 3.07. The highest BCUT2D eigenvalue weighted by Crippen LogP contribution is 2.22. The number of hydrogen-bond donors (Lipinski definition) is 0. The summed E-state index contributed by atoms with van der Waals surface area (Å²) in [5.74, 6) is 2.61. The highest BCUT2D eigenvalue weighted by molar-refractivity contribution is 7.99. The van der Waals surface area contributed by atoms with E-state index in [4.69, 9.17) is 4.98 Å². The molecule has 3 heterocycles. The van der Waals surface area contributed by atoms with Crippen molar-refractivity contribution in [3.05, 3.63) is 35.8 Å². The minimum absolute atomic E-state index is 0.729. The first-order valence-corrected chi connectivity index (χ1v) is 8.10. The third kappa shape index (κ3) is 2.95. The molecular formula is C15H21N3S. The third-order valence-corrected chi connectivity index (χ3v) is 4.94. The van der Waals surface area contributed by atoms with Gasteiger partial charge in [-0.1, -0.05) is 0 Å². The number of imidazole rings is 1. The first-order chi connectivity index (χ1) is 9.22. The van der Waals surface area contributed by atoms with Crippen molar-refractivity contribution in [1.82, 2.24) is 14.3 Å². The zero-order chi connectivity index (χ0) is 13.2. The van der Waals surface area contributed by atoms with Gasteiger partial charge in [-0.3, -0.25) is 4.90 Å². The number of nitrogens with zero attached hydrogens (tertiary/aromatic N) is 3. The van der Waals surface area contributed by atoms with E-state index in [2.05, 4.69) is 59.6 Å². The SMILES string of the molecule is Cc1ccn2cc(CN(C)C3CCSCC3)nc2c1. The Labute approximate surface area is 119 Å². The predicted molar refractivity (Wildman–Crippen MR) is 81.7 cm³/mol. The molecule has 0 radical (unpaired) electrons. The Balaban J connectivity index is 1.73. The summed E-state index contributed by atoms with van der Waals surface area (Å²) in [6.07, 6.45) is 6.88. The van der Waals surface area contributed by atoms with Crippen molar-refractivity contribution in [1.29, 1.82) is 0 Å². The lowest BCUT2D eigenvalue weighted by molar-refractivity contribution is 0.219. The van der Waals surface area contributed by atoms with Crippen molar-refractivity contribution in [2.24, 2.45) is 0 Å². The summed E-state index contributed by atoms with van der Waals surface area (Å²) in [7, 11) is 2.23. The van der Waals surface area contributed by atoms with Gasteiger partial charge in [-0.2, -0.15) is 11.8 Å². The predicted octanol–water partition coefficient (Wildman–Crippen LogP) is 2.97. The lowest BCUT2D eigenvalue weighted by Crippen LogP contribution is -2.34. The zero-order valence-corrected chi connectivity index (χ0v) is 12.5. The van der Waals surface area contributed by atoms with Crippen molar-refractivity contribution in [2.75, 3.05) is 18.6 Å². The quantitative estimate of drug-likeness (QED) is 0.859. The molecule has 0 aromatic carbocycles. The van der Waals surface area contributed by atoms with Crippen molar-refractivity contribution in [2.45, 2.75) is 32.4 Å². The van der Waals surface area contributed by atoms with Crippen LogP contribution in [0.4, 0.5) is 0 Å². The normalized spacial score (nSPS) is 17.4. The van der Waals surface area contributed by atoms with Crippen LogP contribution in [0.2, 0.25) is 0 Å². The molecule has 0 amide bonds. The lowest BCUT2D eigenvalue weighted by atomic mass is 10.1. The van der Waals surface area contributed by atoms with E-state index < -0.39 is 0 Å². The van der Waals surface area contributed by atoms with Crippen LogP contribution in [-0.4, -0.2) is 38.9 Å². The molecule has 0 bridgehead atoms. The maximum atomic E-state index is 4.72. The van der Waals surface area contributed by atoms with E-state index in [-0.39, 0.29) is 0 Å². The molecule has 3 nitrogen and oxygen atoms in total. The zero-order valence-electron chi connectivity index (χ0n) is 11.7. The van der Waals surface area contributed by atoms with Gasteiger partial charge < -0.3 is 4.40 Å². The molecule has 2 aromatic rings. The van der Waals surface area contributed by atoms with Gasteiger partial charge in [0.1, 0.15) is 5.65 Å². The van der Waals surface area contributed by atoms with E-state index >= 15 is 0 Å². The second-order valence-corrected chi connectivity index (χ2v) is 6.69. The first-order valence-electron chi connectivity index (χ1n) is 6.94. The Hall–Kier alpha value is -1.00. The highest BCUT2D eigenvalue weighted by Gasteiger charge is 2.19. The van der Waals surface area contributed by atoms with Gasteiger partial charge in [0.15, 0.2) is 0 Å². The second-order valence-electron chi connectivity index (χ2n) is 5.46. The molecule has 3 rings (SSSR count). The van der Waals surface area contributed by atoms with E-state index in [1.54, 1.807) is 0 Å². The smallest absolute Gasteiger partial charge is 0.137 e. The standard InChI is InChI=1S/C15H21N3S/c1-12-3-6-18-11-13(16-15(18)9-12)10-17(2)14-4-7-19-8-5-14/h3,6,9,11,14H,4-5,7-8,10H2,1-2H3. The molecular weight excluding hydrogens is 254 g/mol. The van der Waals surface area contributed by atoms with Crippen LogP contribution in [0.3, 0.4) is 0 Å². The summed E-state index contributed by atoms with van der Waals surface area (Å²) in [6, 6.07) is 4.99. The average molecular weight is 275 g/mol. The Kier molecular flexibility index (Phi) is 3.80. The van der Waals surface area contributed by atoms with E-state index in [1.165, 1.54) is 35.6 Å². The van der Waals surface area contributed by atoms with Gasteiger partial charge in [-0.05, 0) is 56.0 Å². The summed E-state index contributed by atoms with van der Waals surface area (Å²) >= 11 is 2.08. The molecule has 0 saturated carbocycles. The van der Waals surface area contributed by atoms with E-state index in [0.717, 1.165) is 18.2 Å². The molecule has 19 heavy (non-hydrogen) atoms. The minimum Gasteiger partial charge on any atom is -0.307 e. The molecule has 2 aromatic heterocycles. The van der Waals surface area contributed by atoms with E-state index in [9.17, 15) is 0 Å². The number of fused-ring (bicyclic) bond motifs is 1. The average Bonchev–Trinajstić information content (AvgIpc) is 2.81. The highest BCUT2D eigenvalue weighted by atomic mass is 32.2. The van der Waals surface area contributed by atoms with Gasteiger partial charge in [0, 0.05) is 25.0 Å². The summed E-state index contributed by atoms with van der Waals surface area (Å²) in [4.78, 5) is 7.19. The molecule has 0 unspecified atom stereocenters. The molecule has 1 aliphatic heterocycles. The molecule has 1 aliphatic rings. The maximum Gasteiger partial charge on any atom is 0.137 e. The molecule has 0 N–H and O–H groups in total. The maximum absolute atomic E-state index is 4.72.